The minimum Gasteiger partial charge on any atom is -0.258 e. The minimum atomic E-state index is -3.72. The Balaban J connectivity index is 2.06. The normalized spacial score (nSPS) is 11.4. The number of non-ortho nitro benzene ring substituents is 1. The van der Waals surface area contributed by atoms with Gasteiger partial charge in [0.25, 0.3) is 5.69 Å². The third kappa shape index (κ3) is 3.62. The fourth-order valence-corrected chi connectivity index (χ4v) is 3.39. The Kier molecular flexibility index (Phi) is 4.48. The average Bonchev–Trinajstić information content (AvgIpc) is 2.92. The van der Waals surface area contributed by atoms with Gasteiger partial charge in [0, 0.05) is 18.7 Å². The van der Waals surface area contributed by atoms with Gasteiger partial charge in [-0.05, 0) is 34.9 Å². The Bertz CT molecular complexity index is 696. The maximum atomic E-state index is 12.0. The summed E-state index contributed by atoms with van der Waals surface area (Å²) in [5.41, 5.74) is 0.808. The van der Waals surface area contributed by atoms with Crippen molar-refractivity contribution in [3.63, 3.8) is 0 Å². The van der Waals surface area contributed by atoms with E-state index < -0.39 is 14.9 Å². The van der Waals surface area contributed by atoms with Gasteiger partial charge in [0.15, 0.2) is 0 Å². The second-order valence-electron chi connectivity index (χ2n) is 4.03. The van der Waals surface area contributed by atoms with Gasteiger partial charge in [-0.2, -0.15) is 11.3 Å². The molecule has 0 radical (unpaired) electrons. The first-order valence-electron chi connectivity index (χ1n) is 5.74. The molecule has 1 heterocycles. The van der Waals surface area contributed by atoms with Crippen molar-refractivity contribution in [3.05, 3.63) is 56.8 Å². The van der Waals surface area contributed by atoms with Crippen LogP contribution in [0.15, 0.2) is 46.0 Å². The van der Waals surface area contributed by atoms with E-state index in [-0.39, 0.29) is 17.1 Å². The third-order valence-electron chi connectivity index (χ3n) is 2.62. The van der Waals surface area contributed by atoms with Crippen molar-refractivity contribution in [2.75, 3.05) is 6.54 Å². The number of hydrogen-bond donors (Lipinski definition) is 1. The van der Waals surface area contributed by atoms with Gasteiger partial charge < -0.3 is 0 Å². The highest BCUT2D eigenvalue weighted by Crippen LogP contribution is 2.17. The quantitative estimate of drug-likeness (QED) is 0.654. The molecule has 106 valence electrons. The van der Waals surface area contributed by atoms with Crippen LogP contribution in [0, 0.1) is 10.1 Å². The molecule has 0 saturated heterocycles. The van der Waals surface area contributed by atoms with Crippen molar-refractivity contribution >= 4 is 27.0 Å². The molecule has 1 aromatic heterocycles. The van der Waals surface area contributed by atoms with E-state index in [0.717, 1.165) is 11.6 Å². The summed E-state index contributed by atoms with van der Waals surface area (Å²) in [6.45, 7) is 0.252. The van der Waals surface area contributed by atoms with Gasteiger partial charge in [-0.15, -0.1) is 0 Å². The van der Waals surface area contributed by atoms with Crippen molar-refractivity contribution in [2.24, 2.45) is 0 Å². The molecule has 0 aliphatic rings. The van der Waals surface area contributed by atoms with Crippen LogP contribution in [-0.4, -0.2) is 19.9 Å². The van der Waals surface area contributed by atoms with Crippen molar-refractivity contribution in [3.8, 4) is 0 Å². The van der Waals surface area contributed by atoms with E-state index in [9.17, 15) is 18.5 Å². The van der Waals surface area contributed by atoms with Crippen molar-refractivity contribution in [1.82, 2.24) is 4.72 Å². The van der Waals surface area contributed by atoms with Crippen molar-refractivity contribution in [2.45, 2.75) is 11.3 Å². The summed E-state index contributed by atoms with van der Waals surface area (Å²) in [7, 11) is -3.72. The molecule has 20 heavy (non-hydrogen) atoms. The maximum Gasteiger partial charge on any atom is 0.270 e. The van der Waals surface area contributed by atoms with Gasteiger partial charge in [0.2, 0.25) is 10.0 Å². The molecule has 0 fully saturated rings. The van der Waals surface area contributed by atoms with Crippen molar-refractivity contribution < 1.29 is 13.3 Å². The molecule has 0 aliphatic carbocycles. The molecule has 0 unspecified atom stereocenters. The van der Waals surface area contributed by atoms with Crippen LogP contribution in [-0.2, 0) is 16.4 Å². The lowest BCUT2D eigenvalue weighted by molar-refractivity contribution is -0.385. The molecule has 0 amide bonds. The number of benzene rings is 1. The standard InChI is InChI=1S/C12H12N2O4S2/c15-14(16)11-2-1-3-12(8-11)20(17,18)13-6-4-10-5-7-19-9-10/h1-3,5,7-9,13H,4,6H2. The van der Waals surface area contributed by atoms with E-state index in [0.29, 0.717) is 6.42 Å². The Labute approximate surface area is 120 Å². The highest BCUT2D eigenvalue weighted by atomic mass is 32.2. The van der Waals surface area contributed by atoms with Crippen LogP contribution in [0.3, 0.4) is 0 Å². The van der Waals surface area contributed by atoms with E-state index in [1.165, 1.54) is 18.2 Å². The lowest BCUT2D eigenvalue weighted by atomic mass is 10.2. The van der Waals surface area contributed by atoms with Crippen LogP contribution in [0.5, 0.6) is 0 Å². The number of nitrogens with zero attached hydrogens (tertiary/aromatic N) is 1. The van der Waals surface area contributed by atoms with Gasteiger partial charge in [-0.25, -0.2) is 13.1 Å². The molecule has 8 heteroatoms. The SMILES string of the molecule is O=[N+]([O-])c1cccc(S(=O)(=O)NCCc2ccsc2)c1. The first-order valence-corrected chi connectivity index (χ1v) is 8.17. The maximum absolute atomic E-state index is 12.0. The number of rotatable bonds is 6. The Morgan fingerprint density at radius 3 is 2.75 bits per heavy atom. The first kappa shape index (κ1) is 14.6. The molecular formula is C12H12N2O4S2. The third-order valence-corrected chi connectivity index (χ3v) is 4.82. The topological polar surface area (TPSA) is 89.3 Å². The summed E-state index contributed by atoms with van der Waals surface area (Å²) >= 11 is 1.55. The van der Waals surface area contributed by atoms with E-state index in [1.807, 2.05) is 16.8 Å². The molecule has 0 bridgehead atoms. The molecular weight excluding hydrogens is 300 g/mol. The second kappa shape index (κ2) is 6.12. The number of sulfonamides is 1. The molecule has 0 aliphatic heterocycles. The number of thiophene rings is 1. The Hall–Kier alpha value is -1.77. The van der Waals surface area contributed by atoms with Gasteiger partial charge >= 0.3 is 0 Å². The van der Waals surface area contributed by atoms with Crippen molar-refractivity contribution in [1.29, 1.82) is 0 Å². The fourth-order valence-electron chi connectivity index (χ4n) is 1.61. The molecule has 0 spiro atoms. The molecule has 0 saturated carbocycles. The zero-order chi connectivity index (χ0) is 14.6. The van der Waals surface area contributed by atoms with Gasteiger partial charge in [0.05, 0.1) is 9.82 Å². The van der Waals surface area contributed by atoms with Crippen LogP contribution < -0.4 is 4.72 Å². The Morgan fingerprint density at radius 1 is 1.30 bits per heavy atom. The highest BCUT2D eigenvalue weighted by molar-refractivity contribution is 7.89. The van der Waals surface area contributed by atoms with Gasteiger partial charge in [-0.3, -0.25) is 10.1 Å². The zero-order valence-corrected chi connectivity index (χ0v) is 12.0. The fraction of sp³-hybridized carbons (Fsp3) is 0.167. The first-order chi connectivity index (χ1) is 9.49. The zero-order valence-electron chi connectivity index (χ0n) is 10.4. The molecule has 1 aromatic carbocycles. The van der Waals surface area contributed by atoms with E-state index in [1.54, 1.807) is 11.3 Å². The number of nitro benzene ring substituents is 1. The highest BCUT2D eigenvalue weighted by Gasteiger charge is 2.16. The van der Waals surface area contributed by atoms with Crippen LogP contribution in [0.25, 0.3) is 0 Å². The number of nitro groups is 1. The van der Waals surface area contributed by atoms with Gasteiger partial charge in [-0.1, -0.05) is 6.07 Å². The summed E-state index contributed by atoms with van der Waals surface area (Å²) in [4.78, 5) is 9.92. The Morgan fingerprint density at radius 2 is 2.10 bits per heavy atom. The summed E-state index contributed by atoms with van der Waals surface area (Å²) < 4.78 is 26.4. The molecule has 0 atom stereocenters. The molecule has 1 N–H and O–H groups in total. The van der Waals surface area contributed by atoms with E-state index >= 15 is 0 Å². The minimum absolute atomic E-state index is 0.1000. The summed E-state index contributed by atoms with van der Waals surface area (Å²) in [6.07, 6.45) is 0.581. The predicted octanol–water partition coefficient (Wildman–Crippen LogP) is 2.18. The second-order valence-corrected chi connectivity index (χ2v) is 6.58. The number of nitrogens with one attached hydrogen (secondary N) is 1. The molecule has 2 rings (SSSR count). The smallest absolute Gasteiger partial charge is 0.258 e. The van der Waals surface area contributed by atoms with Crippen LogP contribution in [0.4, 0.5) is 5.69 Å². The van der Waals surface area contributed by atoms with Crippen LogP contribution >= 0.6 is 11.3 Å². The van der Waals surface area contributed by atoms with E-state index in [4.69, 9.17) is 0 Å². The number of hydrogen-bond acceptors (Lipinski definition) is 5. The molecule has 6 nitrogen and oxygen atoms in total. The van der Waals surface area contributed by atoms with Crippen LogP contribution in [0.2, 0.25) is 0 Å². The molecule has 2 aromatic rings. The summed E-state index contributed by atoms with van der Waals surface area (Å²) in [5, 5.41) is 14.5. The average molecular weight is 312 g/mol. The largest absolute Gasteiger partial charge is 0.270 e. The monoisotopic (exact) mass is 312 g/mol. The van der Waals surface area contributed by atoms with Crippen LogP contribution in [0.1, 0.15) is 5.56 Å². The van der Waals surface area contributed by atoms with Gasteiger partial charge in [0.1, 0.15) is 0 Å². The lowest BCUT2D eigenvalue weighted by Crippen LogP contribution is -2.25. The van der Waals surface area contributed by atoms with E-state index in [2.05, 4.69) is 4.72 Å². The lowest BCUT2D eigenvalue weighted by Gasteiger charge is -2.06. The predicted molar refractivity (Wildman–Crippen MR) is 76.3 cm³/mol. The summed E-state index contributed by atoms with van der Waals surface area (Å²) in [6, 6.07) is 6.91. The summed E-state index contributed by atoms with van der Waals surface area (Å²) in [5.74, 6) is 0.